The third-order valence-corrected chi connectivity index (χ3v) is 3.77. The van der Waals surface area contributed by atoms with Crippen LogP contribution in [0, 0.1) is 21.0 Å². The standard InChI is InChI=1S/C15H14F3IN2O2/c1-22-5-6-23-11-4-2-3-10(14(11)20)21-15-8(16)7-9(19)12(17)13(15)18/h2-4,7,21H,5-6,20H2,1H3. The number of para-hydroxylation sites is 1. The average Bonchev–Trinajstić information content (AvgIpc) is 2.52. The molecular formula is C15H14F3IN2O2. The van der Waals surface area contributed by atoms with Gasteiger partial charge in [-0.1, -0.05) is 6.07 Å². The zero-order valence-electron chi connectivity index (χ0n) is 12.1. The number of nitrogens with two attached hydrogens (primary N) is 1. The lowest BCUT2D eigenvalue weighted by molar-refractivity contribution is 0.147. The van der Waals surface area contributed by atoms with Gasteiger partial charge in [0.05, 0.1) is 21.6 Å². The first-order chi connectivity index (χ1) is 11.0. The van der Waals surface area contributed by atoms with E-state index < -0.39 is 23.1 Å². The van der Waals surface area contributed by atoms with Gasteiger partial charge in [0.1, 0.15) is 18.0 Å². The highest BCUT2D eigenvalue weighted by Crippen LogP contribution is 2.34. The molecule has 0 saturated carbocycles. The smallest absolute Gasteiger partial charge is 0.186 e. The third-order valence-electron chi connectivity index (χ3n) is 2.98. The van der Waals surface area contributed by atoms with Crippen molar-refractivity contribution in [2.75, 3.05) is 31.4 Å². The maximum Gasteiger partial charge on any atom is 0.186 e. The molecule has 0 heterocycles. The summed E-state index contributed by atoms with van der Waals surface area (Å²) in [7, 11) is 1.53. The van der Waals surface area contributed by atoms with Crippen LogP contribution >= 0.6 is 22.6 Å². The SMILES string of the molecule is COCCOc1cccc(Nc2c(F)cc(I)c(F)c2F)c1N. The molecule has 0 aliphatic heterocycles. The van der Waals surface area contributed by atoms with Crippen molar-refractivity contribution in [2.45, 2.75) is 0 Å². The first kappa shape index (κ1) is 17.7. The molecule has 23 heavy (non-hydrogen) atoms. The van der Waals surface area contributed by atoms with E-state index in [0.717, 1.165) is 6.07 Å². The van der Waals surface area contributed by atoms with Crippen molar-refractivity contribution < 1.29 is 22.6 Å². The predicted octanol–water partition coefficient (Wildman–Crippen LogP) is 4.06. The van der Waals surface area contributed by atoms with Crippen LogP contribution in [-0.4, -0.2) is 20.3 Å². The molecule has 0 radical (unpaired) electrons. The first-order valence-electron chi connectivity index (χ1n) is 6.56. The van der Waals surface area contributed by atoms with E-state index in [1.807, 2.05) is 0 Å². The molecule has 0 unspecified atom stereocenters. The summed E-state index contributed by atoms with van der Waals surface area (Å²) < 4.78 is 51.5. The molecule has 0 fully saturated rings. The molecular weight excluding hydrogens is 424 g/mol. The van der Waals surface area contributed by atoms with Gasteiger partial charge in [0, 0.05) is 7.11 Å². The second-order valence-corrected chi connectivity index (χ2v) is 5.69. The van der Waals surface area contributed by atoms with E-state index in [4.69, 9.17) is 15.2 Å². The van der Waals surface area contributed by atoms with Gasteiger partial charge in [-0.3, -0.25) is 0 Å². The number of methoxy groups -OCH3 is 1. The quantitative estimate of drug-likeness (QED) is 0.235. The molecule has 4 nitrogen and oxygen atoms in total. The molecule has 0 atom stereocenters. The number of benzene rings is 2. The van der Waals surface area contributed by atoms with Gasteiger partial charge in [0.2, 0.25) is 0 Å². The minimum atomic E-state index is -1.31. The number of anilines is 3. The Kier molecular flexibility index (Phi) is 5.94. The largest absolute Gasteiger partial charge is 0.489 e. The minimum Gasteiger partial charge on any atom is -0.489 e. The normalized spacial score (nSPS) is 10.7. The van der Waals surface area contributed by atoms with Crippen molar-refractivity contribution in [3.8, 4) is 5.75 Å². The summed E-state index contributed by atoms with van der Waals surface area (Å²) in [5.41, 5.74) is 5.67. The predicted molar refractivity (Wildman–Crippen MR) is 90.5 cm³/mol. The lowest BCUT2D eigenvalue weighted by atomic mass is 10.2. The van der Waals surface area contributed by atoms with Crippen LogP contribution in [0.15, 0.2) is 24.3 Å². The summed E-state index contributed by atoms with van der Waals surface area (Å²) in [6.07, 6.45) is 0. The van der Waals surface area contributed by atoms with Crippen molar-refractivity contribution in [2.24, 2.45) is 0 Å². The van der Waals surface area contributed by atoms with Gasteiger partial charge in [0.15, 0.2) is 17.5 Å². The number of halogens is 4. The molecule has 2 aromatic rings. The molecule has 3 N–H and O–H groups in total. The Labute approximate surface area is 144 Å². The van der Waals surface area contributed by atoms with Crippen LogP contribution in [0.4, 0.5) is 30.2 Å². The monoisotopic (exact) mass is 438 g/mol. The molecule has 124 valence electrons. The van der Waals surface area contributed by atoms with Gasteiger partial charge in [-0.25, -0.2) is 13.2 Å². The number of nitrogen functional groups attached to an aromatic ring is 1. The van der Waals surface area contributed by atoms with Gasteiger partial charge in [-0.2, -0.15) is 0 Å². The van der Waals surface area contributed by atoms with E-state index in [-0.39, 0.29) is 21.6 Å². The van der Waals surface area contributed by atoms with Crippen molar-refractivity contribution >= 4 is 39.7 Å². The summed E-state index contributed by atoms with van der Waals surface area (Å²) in [6.45, 7) is 0.633. The van der Waals surface area contributed by atoms with Crippen LogP contribution < -0.4 is 15.8 Å². The fraction of sp³-hybridized carbons (Fsp3) is 0.200. The second kappa shape index (κ2) is 7.73. The average molecular weight is 438 g/mol. The molecule has 2 aromatic carbocycles. The molecule has 2 rings (SSSR count). The second-order valence-electron chi connectivity index (χ2n) is 4.53. The molecule has 0 amide bonds. The summed E-state index contributed by atoms with van der Waals surface area (Å²) >= 11 is 1.51. The lowest BCUT2D eigenvalue weighted by Gasteiger charge is -2.15. The Morgan fingerprint density at radius 2 is 1.91 bits per heavy atom. The molecule has 0 bridgehead atoms. The van der Waals surface area contributed by atoms with Gasteiger partial charge < -0.3 is 20.5 Å². The number of rotatable bonds is 6. The third kappa shape index (κ3) is 3.99. The fourth-order valence-corrected chi connectivity index (χ4v) is 2.34. The first-order valence-corrected chi connectivity index (χ1v) is 7.63. The highest BCUT2D eigenvalue weighted by molar-refractivity contribution is 14.1. The van der Waals surface area contributed by atoms with Gasteiger partial charge in [-0.05, 0) is 40.8 Å². The van der Waals surface area contributed by atoms with Crippen LogP contribution in [0.2, 0.25) is 0 Å². The Morgan fingerprint density at radius 1 is 1.17 bits per heavy atom. The zero-order valence-corrected chi connectivity index (χ0v) is 14.3. The van der Waals surface area contributed by atoms with E-state index in [2.05, 4.69) is 5.32 Å². The van der Waals surface area contributed by atoms with Crippen LogP contribution in [0.3, 0.4) is 0 Å². The molecule has 0 aromatic heterocycles. The number of hydrogen-bond acceptors (Lipinski definition) is 4. The van der Waals surface area contributed by atoms with Crippen LogP contribution in [0.5, 0.6) is 5.75 Å². The van der Waals surface area contributed by atoms with Crippen LogP contribution in [0.1, 0.15) is 0 Å². The van der Waals surface area contributed by atoms with E-state index in [1.165, 1.54) is 35.8 Å². The maximum atomic E-state index is 13.9. The summed E-state index contributed by atoms with van der Waals surface area (Å²) in [6, 6.07) is 5.61. The molecule has 0 saturated heterocycles. The number of ether oxygens (including phenoxy) is 2. The Bertz CT molecular complexity index is 714. The van der Waals surface area contributed by atoms with E-state index in [1.54, 1.807) is 12.1 Å². The summed E-state index contributed by atoms with van der Waals surface area (Å²) in [4.78, 5) is 0. The summed E-state index contributed by atoms with van der Waals surface area (Å²) in [5, 5.41) is 2.48. The van der Waals surface area contributed by atoms with Crippen molar-refractivity contribution in [1.29, 1.82) is 0 Å². The van der Waals surface area contributed by atoms with E-state index in [0.29, 0.717) is 12.4 Å². The van der Waals surface area contributed by atoms with Crippen molar-refractivity contribution in [3.63, 3.8) is 0 Å². The lowest BCUT2D eigenvalue weighted by Crippen LogP contribution is -2.08. The van der Waals surface area contributed by atoms with E-state index in [9.17, 15) is 13.2 Å². The highest BCUT2D eigenvalue weighted by Gasteiger charge is 2.19. The number of nitrogens with one attached hydrogen (secondary N) is 1. The van der Waals surface area contributed by atoms with Gasteiger partial charge in [0.25, 0.3) is 0 Å². The highest BCUT2D eigenvalue weighted by atomic mass is 127. The fourth-order valence-electron chi connectivity index (χ4n) is 1.83. The molecule has 8 heteroatoms. The van der Waals surface area contributed by atoms with E-state index >= 15 is 0 Å². The minimum absolute atomic E-state index is 0.146. The Balaban J connectivity index is 2.31. The van der Waals surface area contributed by atoms with Crippen LogP contribution in [0.25, 0.3) is 0 Å². The topological polar surface area (TPSA) is 56.5 Å². The van der Waals surface area contributed by atoms with Crippen molar-refractivity contribution in [3.05, 3.63) is 45.3 Å². The number of hydrogen-bond donors (Lipinski definition) is 2. The Hall–Kier alpha value is -1.68. The zero-order chi connectivity index (χ0) is 17.0. The molecule has 0 aliphatic rings. The molecule has 0 aliphatic carbocycles. The van der Waals surface area contributed by atoms with Crippen molar-refractivity contribution in [1.82, 2.24) is 0 Å². The van der Waals surface area contributed by atoms with Crippen LogP contribution in [-0.2, 0) is 4.74 Å². The maximum absolute atomic E-state index is 13.9. The summed E-state index contributed by atoms with van der Waals surface area (Å²) in [5.74, 6) is -3.02. The molecule has 0 spiro atoms. The van der Waals surface area contributed by atoms with Gasteiger partial charge >= 0.3 is 0 Å². The Morgan fingerprint density at radius 3 is 2.61 bits per heavy atom. The van der Waals surface area contributed by atoms with Gasteiger partial charge in [-0.15, -0.1) is 0 Å².